The van der Waals surface area contributed by atoms with Gasteiger partial charge in [0.1, 0.15) is 6.61 Å². The average Bonchev–Trinajstić information content (AvgIpc) is 2.74. The van der Waals surface area contributed by atoms with Crippen LogP contribution in [-0.4, -0.2) is 49.9 Å². The molecule has 0 radical (unpaired) electrons. The van der Waals surface area contributed by atoms with Crippen LogP contribution in [0.25, 0.3) is 0 Å². The molecule has 2 N–H and O–H groups in total. The Morgan fingerprint density at radius 2 is 1.76 bits per heavy atom. The summed E-state index contributed by atoms with van der Waals surface area (Å²) in [6.45, 7) is 8.69. The monoisotopic (exact) mass is 420 g/mol. The van der Waals surface area contributed by atoms with Crippen molar-refractivity contribution < 1.29 is 14.6 Å². The largest absolute Gasteiger partial charge is 0.493 e. The van der Waals surface area contributed by atoms with Crippen LogP contribution >= 0.6 is 12.4 Å². The molecular formula is C23H33ClN2O3. The normalized spacial score (nSPS) is 16.0. The van der Waals surface area contributed by atoms with Crippen molar-refractivity contribution in [2.24, 2.45) is 5.41 Å². The molecule has 0 saturated carbocycles. The molecule has 1 fully saturated rings. The van der Waals surface area contributed by atoms with Gasteiger partial charge >= 0.3 is 0 Å². The molecule has 1 aliphatic rings. The van der Waals surface area contributed by atoms with Crippen LogP contribution in [0, 0.1) is 5.41 Å². The highest BCUT2D eigenvalue weighted by Gasteiger charge is 2.36. The van der Waals surface area contributed by atoms with Gasteiger partial charge in [-0.15, -0.1) is 12.4 Å². The second-order valence-corrected chi connectivity index (χ2v) is 8.02. The van der Waals surface area contributed by atoms with E-state index in [2.05, 4.69) is 48.3 Å². The van der Waals surface area contributed by atoms with Gasteiger partial charge in [0.2, 0.25) is 0 Å². The Kier molecular flexibility index (Phi) is 8.78. The summed E-state index contributed by atoms with van der Waals surface area (Å²) in [5, 5.41) is 13.5. The van der Waals surface area contributed by atoms with Gasteiger partial charge in [-0.25, -0.2) is 0 Å². The van der Waals surface area contributed by atoms with Gasteiger partial charge in [-0.05, 0) is 23.3 Å². The Hall–Kier alpha value is -1.79. The lowest BCUT2D eigenvalue weighted by Crippen LogP contribution is -2.49. The van der Waals surface area contributed by atoms with Crippen molar-refractivity contribution in [1.29, 1.82) is 0 Å². The summed E-state index contributed by atoms with van der Waals surface area (Å²) in [4.78, 5) is 2.45. The highest BCUT2D eigenvalue weighted by Crippen LogP contribution is 2.41. The van der Waals surface area contributed by atoms with Gasteiger partial charge in [-0.2, -0.15) is 0 Å². The lowest BCUT2D eigenvalue weighted by molar-refractivity contribution is 0.0303. The van der Waals surface area contributed by atoms with Gasteiger partial charge < -0.3 is 19.9 Å². The smallest absolute Gasteiger partial charge is 0.161 e. The third-order valence-electron chi connectivity index (χ3n) is 5.41. The van der Waals surface area contributed by atoms with Crippen molar-refractivity contribution in [1.82, 2.24) is 10.2 Å². The van der Waals surface area contributed by atoms with Gasteiger partial charge in [-0.3, -0.25) is 4.90 Å². The first-order valence-electron chi connectivity index (χ1n) is 9.95. The standard InChI is InChI=1S/C23H32N2O3.ClH/c1-23(2,17-26)22(25-13-11-24-12-14-25)19-9-10-20(27-3)21(15-19)28-16-18-7-5-4-6-8-18;/h4-10,15,22,24,26H,11-14,16-17H2,1-3H3;1H/t22-;/m0./s1. The number of hydrogen-bond acceptors (Lipinski definition) is 5. The SMILES string of the molecule is COc1ccc([C@H](N2CCNCC2)C(C)(C)CO)cc1OCc1ccccc1.Cl. The number of methoxy groups -OCH3 is 1. The molecule has 0 spiro atoms. The molecule has 0 amide bonds. The van der Waals surface area contributed by atoms with Crippen molar-refractivity contribution >= 4 is 12.4 Å². The van der Waals surface area contributed by atoms with Crippen LogP contribution in [0.1, 0.15) is 31.0 Å². The first-order valence-corrected chi connectivity index (χ1v) is 9.95. The number of benzene rings is 2. The third kappa shape index (κ3) is 5.86. The fourth-order valence-corrected chi connectivity index (χ4v) is 3.89. The van der Waals surface area contributed by atoms with E-state index in [9.17, 15) is 5.11 Å². The Morgan fingerprint density at radius 1 is 1.07 bits per heavy atom. The van der Waals surface area contributed by atoms with E-state index in [1.807, 2.05) is 24.3 Å². The molecule has 6 heteroatoms. The van der Waals surface area contributed by atoms with Crippen molar-refractivity contribution in [3.8, 4) is 11.5 Å². The summed E-state index contributed by atoms with van der Waals surface area (Å²) in [5.41, 5.74) is 1.98. The molecule has 1 heterocycles. The van der Waals surface area contributed by atoms with Crippen molar-refractivity contribution in [3.63, 3.8) is 0 Å². The number of aliphatic hydroxyl groups excluding tert-OH is 1. The maximum Gasteiger partial charge on any atom is 0.161 e. The van der Waals surface area contributed by atoms with Crippen LogP contribution in [0.2, 0.25) is 0 Å². The molecule has 1 aliphatic heterocycles. The van der Waals surface area contributed by atoms with Crippen molar-refractivity contribution in [2.45, 2.75) is 26.5 Å². The maximum absolute atomic E-state index is 10.1. The zero-order chi connectivity index (χ0) is 20.0. The summed E-state index contributed by atoms with van der Waals surface area (Å²) in [6.07, 6.45) is 0. The Morgan fingerprint density at radius 3 is 2.38 bits per heavy atom. The quantitative estimate of drug-likeness (QED) is 0.682. The average molecular weight is 421 g/mol. The van der Waals surface area contributed by atoms with Crippen LogP contribution in [0.5, 0.6) is 11.5 Å². The number of rotatable bonds is 8. The molecule has 0 aliphatic carbocycles. The number of hydrogen-bond donors (Lipinski definition) is 2. The molecule has 3 rings (SSSR count). The van der Waals surface area contributed by atoms with Gasteiger partial charge in [0.05, 0.1) is 7.11 Å². The maximum atomic E-state index is 10.1. The number of aliphatic hydroxyl groups is 1. The topological polar surface area (TPSA) is 54.0 Å². The number of nitrogens with one attached hydrogen (secondary N) is 1. The molecule has 2 aromatic rings. The minimum Gasteiger partial charge on any atom is -0.493 e. The summed E-state index contributed by atoms with van der Waals surface area (Å²) in [6, 6.07) is 16.4. The summed E-state index contributed by atoms with van der Waals surface area (Å²) >= 11 is 0. The van der Waals surface area contributed by atoms with E-state index in [0.29, 0.717) is 6.61 Å². The lowest BCUT2D eigenvalue weighted by Gasteiger charge is -2.43. The molecule has 1 saturated heterocycles. The number of nitrogens with zero attached hydrogens (tertiary/aromatic N) is 1. The van der Waals surface area contributed by atoms with Gasteiger partial charge in [0.15, 0.2) is 11.5 Å². The first kappa shape index (κ1) is 23.5. The van der Waals surface area contributed by atoms with Crippen LogP contribution < -0.4 is 14.8 Å². The zero-order valence-corrected chi connectivity index (χ0v) is 18.4. The highest BCUT2D eigenvalue weighted by atomic mass is 35.5. The second kappa shape index (κ2) is 10.8. The number of ether oxygens (including phenoxy) is 2. The van der Waals surface area contributed by atoms with E-state index < -0.39 is 0 Å². The predicted molar refractivity (Wildman–Crippen MR) is 119 cm³/mol. The molecule has 0 bridgehead atoms. The number of halogens is 1. The lowest BCUT2D eigenvalue weighted by atomic mass is 9.79. The van der Waals surface area contributed by atoms with E-state index in [0.717, 1.165) is 48.8 Å². The van der Waals surface area contributed by atoms with Crippen LogP contribution in [0.3, 0.4) is 0 Å². The summed E-state index contributed by atoms with van der Waals surface area (Å²) in [7, 11) is 1.66. The zero-order valence-electron chi connectivity index (χ0n) is 17.6. The molecule has 0 aromatic heterocycles. The van der Waals surface area contributed by atoms with Crippen molar-refractivity contribution in [2.75, 3.05) is 39.9 Å². The Bertz CT molecular complexity index is 749. The molecule has 5 nitrogen and oxygen atoms in total. The van der Waals surface area contributed by atoms with Crippen molar-refractivity contribution in [3.05, 3.63) is 59.7 Å². The van der Waals surface area contributed by atoms with E-state index >= 15 is 0 Å². The minimum atomic E-state index is -0.275. The predicted octanol–water partition coefficient (Wildman–Crippen LogP) is 3.66. The molecule has 160 valence electrons. The summed E-state index contributed by atoms with van der Waals surface area (Å²) < 4.78 is 11.6. The molecule has 2 aromatic carbocycles. The highest BCUT2D eigenvalue weighted by molar-refractivity contribution is 5.85. The van der Waals surface area contributed by atoms with Crippen LogP contribution in [0.15, 0.2) is 48.5 Å². The Balaban J connectivity index is 0.00000300. The van der Waals surface area contributed by atoms with E-state index in [1.54, 1.807) is 7.11 Å². The van der Waals surface area contributed by atoms with Gasteiger partial charge in [0.25, 0.3) is 0 Å². The molecular weight excluding hydrogens is 388 g/mol. The third-order valence-corrected chi connectivity index (χ3v) is 5.41. The molecule has 0 unspecified atom stereocenters. The van der Waals surface area contributed by atoms with E-state index in [-0.39, 0.29) is 30.5 Å². The fraction of sp³-hybridized carbons (Fsp3) is 0.478. The second-order valence-electron chi connectivity index (χ2n) is 8.02. The molecule has 1 atom stereocenters. The van der Waals surface area contributed by atoms with E-state index in [4.69, 9.17) is 9.47 Å². The summed E-state index contributed by atoms with van der Waals surface area (Å²) in [5.74, 6) is 1.46. The number of piperazine rings is 1. The van der Waals surface area contributed by atoms with Gasteiger partial charge in [-0.1, -0.05) is 50.2 Å². The molecule has 29 heavy (non-hydrogen) atoms. The minimum absolute atomic E-state index is 0. The Labute approximate surface area is 180 Å². The first-order chi connectivity index (χ1) is 13.5. The van der Waals surface area contributed by atoms with Crippen LogP contribution in [-0.2, 0) is 6.61 Å². The van der Waals surface area contributed by atoms with E-state index in [1.165, 1.54) is 0 Å². The van der Waals surface area contributed by atoms with Gasteiger partial charge in [0, 0.05) is 44.2 Å². The van der Waals surface area contributed by atoms with Crippen LogP contribution in [0.4, 0.5) is 0 Å². The fourth-order valence-electron chi connectivity index (χ4n) is 3.89.